The second-order valence-electron chi connectivity index (χ2n) is 12.8. The fourth-order valence-corrected chi connectivity index (χ4v) is 6.12. The van der Waals surface area contributed by atoms with Crippen molar-refractivity contribution in [2.24, 2.45) is 5.73 Å². The first kappa shape index (κ1) is 45.2. The van der Waals surface area contributed by atoms with E-state index in [0.29, 0.717) is 13.0 Å². The monoisotopic (exact) mass is 676 g/mol. The summed E-state index contributed by atoms with van der Waals surface area (Å²) in [5.41, 5.74) is 5.35. The summed E-state index contributed by atoms with van der Waals surface area (Å²) in [4.78, 5) is 22.3. The lowest BCUT2D eigenvalue weighted by atomic mass is 10.0. The third kappa shape index (κ3) is 34.6. The number of ether oxygens (including phenoxy) is 2. The molecule has 0 bridgehead atoms. The molecule has 0 aliphatic rings. The van der Waals surface area contributed by atoms with Gasteiger partial charge in [0.2, 0.25) is 0 Å². The smallest absolute Gasteiger partial charge is 0.457 e. The molecule has 274 valence electrons. The summed E-state index contributed by atoms with van der Waals surface area (Å²) in [6, 6.07) is 0. The summed E-state index contributed by atoms with van der Waals surface area (Å²) < 4.78 is 33.2. The molecule has 0 aromatic heterocycles. The number of carbonyl (C=O) groups is 1. The number of phosphoric ester groups is 1. The Kier molecular flexibility index (Phi) is 35.0. The molecule has 0 rings (SSSR count). The Balaban J connectivity index is 4.00. The van der Waals surface area contributed by atoms with Gasteiger partial charge in [0, 0.05) is 19.6 Å². The molecule has 0 heterocycles. The molecule has 46 heavy (non-hydrogen) atoms. The Morgan fingerprint density at radius 3 is 1.67 bits per heavy atom. The predicted octanol–water partition coefficient (Wildman–Crippen LogP) is 10.7. The molecule has 2 unspecified atom stereocenters. The van der Waals surface area contributed by atoms with Crippen molar-refractivity contribution in [3.05, 3.63) is 12.2 Å². The summed E-state index contributed by atoms with van der Waals surface area (Å²) in [5.74, 6) is -0.340. The highest BCUT2D eigenvalue weighted by Gasteiger charge is 2.25. The van der Waals surface area contributed by atoms with E-state index >= 15 is 0 Å². The minimum atomic E-state index is -4.26. The van der Waals surface area contributed by atoms with Crippen molar-refractivity contribution in [2.75, 3.05) is 33.0 Å². The largest absolute Gasteiger partial charge is 0.472 e. The van der Waals surface area contributed by atoms with Crippen molar-refractivity contribution in [2.45, 2.75) is 187 Å². The third-order valence-corrected chi connectivity index (χ3v) is 9.15. The zero-order valence-corrected chi connectivity index (χ0v) is 31.0. The van der Waals surface area contributed by atoms with Gasteiger partial charge in [-0.15, -0.1) is 0 Å². The average Bonchev–Trinajstić information content (AvgIpc) is 3.04. The number of unbranched alkanes of at least 4 members (excludes halogenated alkanes) is 22. The quantitative estimate of drug-likeness (QED) is 0.0289. The molecule has 2 atom stereocenters. The van der Waals surface area contributed by atoms with Crippen molar-refractivity contribution < 1.29 is 32.8 Å². The first-order chi connectivity index (χ1) is 22.4. The number of nitrogens with two attached hydrogens (primary N) is 1. The molecule has 0 aliphatic carbocycles. The SMILES string of the molecule is CCC/C=C\CCCCCCCC(=O)OC(COCCCCCCCCCCCCCCCCCCC)COP(=O)(O)OCCN. The zero-order valence-electron chi connectivity index (χ0n) is 30.1. The van der Waals surface area contributed by atoms with Gasteiger partial charge in [0.1, 0.15) is 6.10 Å². The van der Waals surface area contributed by atoms with Crippen LogP contribution in [-0.2, 0) is 27.9 Å². The average molecular weight is 676 g/mol. The predicted molar refractivity (Wildman–Crippen MR) is 192 cm³/mol. The van der Waals surface area contributed by atoms with Crippen LogP contribution in [0.5, 0.6) is 0 Å². The van der Waals surface area contributed by atoms with Crippen molar-refractivity contribution >= 4 is 13.8 Å². The molecule has 0 fully saturated rings. The van der Waals surface area contributed by atoms with Gasteiger partial charge in [-0.2, -0.15) is 0 Å². The molecule has 0 spiro atoms. The van der Waals surface area contributed by atoms with Gasteiger partial charge >= 0.3 is 13.8 Å². The summed E-state index contributed by atoms with van der Waals surface area (Å²) in [6.07, 6.45) is 35.1. The topological polar surface area (TPSA) is 117 Å². The van der Waals surface area contributed by atoms with Crippen LogP contribution in [0.15, 0.2) is 12.2 Å². The van der Waals surface area contributed by atoms with Gasteiger partial charge in [0.05, 0.1) is 19.8 Å². The standard InChI is InChI=1S/C37H74NO7P/c1-3-5-7-9-11-13-15-16-17-18-19-20-21-23-25-27-29-32-42-34-36(35-44-46(40,41)43-33-31-38)45-37(39)30-28-26-24-22-14-12-10-8-6-4-2/h8,10,36H,3-7,9,11-35,38H2,1-2H3,(H,40,41)/b10-8-. The Hall–Kier alpha value is -0.760. The molecular formula is C37H74NO7P. The van der Waals surface area contributed by atoms with Gasteiger partial charge in [-0.3, -0.25) is 13.8 Å². The molecule has 9 heteroatoms. The fourth-order valence-electron chi connectivity index (χ4n) is 5.35. The Morgan fingerprint density at radius 1 is 0.630 bits per heavy atom. The summed E-state index contributed by atoms with van der Waals surface area (Å²) >= 11 is 0. The third-order valence-electron chi connectivity index (χ3n) is 8.16. The van der Waals surface area contributed by atoms with Crippen LogP contribution in [0.4, 0.5) is 0 Å². The molecule has 0 aromatic rings. The molecular weight excluding hydrogens is 601 g/mol. The maximum Gasteiger partial charge on any atom is 0.472 e. The van der Waals surface area contributed by atoms with E-state index in [4.69, 9.17) is 24.3 Å². The van der Waals surface area contributed by atoms with Crippen LogP contribution in [0.1, 0.15) is 181 Å². The summed E-state index contributed by atoms with van der Waals surface area (Å²) in [7, 11) is -4.26. The van der Waals surface area contributed by atoms with E-state index in [-0.39, 0.29) is 32.3 Å². The molecule has 3 N–H and O–H groups in total. The number of phosphoric acid groups is 1. The highest BCUT2D eigenvalue weighted by atomic mass is 31.2. The number of allylic oxidation sites excluding steroid dienone is 2. The Labute approximate surface area is 283 Å². The van der Waals surface area contributed by atoms with Crippen LogP contribution in [0.3, 0.4) is 0 Å². The second-order valence-corrected chi connectivity index (χ2v) is 14.2. The summed E-state index contributed by atoms with van der Waals surface area (Å²) in [6.45, 7) is 4.87. The number of carbonyl (C=O) groups excluding carboxylic acids is 1. The van der Waals surface area contributed by atoms with E-state index in [2.05, 4.69) is 26.0 Å². The number of hydrogen-bond acceptors (Lipinski definition) is 7. The van der Waals surface area contributed by atoms with Crippen molar-refractivity contribution in [1.29, 1.82) is 0 Å². The van der Waals surface area contributed by atoms with E-state index < -0.39 is 13.9 Å². The first-order valence-electron chi connectivity index (χ1n) is 19.2. The molecule has 8 nitrogen and oxygen atoms in total. The molecule has 0 amide bonds. The van der Waals surface area contributed by atoms with Crippen LogP contribution in [0.25, 0.3) is 0 Å². The van der Waals surface area contributed by atoms with Crippen LogP contribution >= 0.6 is 7.82 Å². The van der Waals surface area contributed by atoms with E-state index in [1.165, 1.54) is 109 Å². The van der Waals surface area contributed by atoms with Crippen LogP contribution in [-0.4, -0.2) is 49.9 Å². The van der Waals surface area contributed by atoms with E-state index in [1.807, 2.05) is 0 Å². The minimum Gasteiger partial charge on any atom is -0.457 e. The van der Waals surface area contributed by atoms with Crippen molar-refractivity contribution in [3.63, 3.8) is 0 Å². The van der Waals surface area contributed by atoms with Gasteiger partial charge in [0.25, 0.3) is 0 Å². The Bertz CT molecular complexity index is 722. The number of esters is 1. The van der Waals surface area contributed by atoms with Crippen LogP contribution in [0, 0.1) is 0 Å². The molecule has 0 saturated carbocycles. The summed E-state index contributed by atoms with van der Waals surface area (Å²) in [5, 5.41) is 0. The normalized spacial score (nSPS) is 13.7. The molecule has 0 aromatic carbocycles. The van der Waals surface area contributed by atoms with Gasteiger partial charge in [-0.25, -0.2) is 4.57 Å². The van der Waals surface area contributed by atoms with Crippen LogP contribution < -0.4 is 5.73 Å². The van der Waals surface area contributed by atoms with E-state index in [1.54, 1.807) is 0 Å². The highest BCUT2D eigenvalue weighted by molar-refractivity contribution is 7.47. The van der Waals surface area contributed by atoms with Gasteiger partial charge in [-0.1, -0.05) is 154 Å². The minimum absolute atomic E-state index is 0.0942. The molecule has 0 radical (unpaired) electrons. The number of rotatable bonds is 37. The lowest BCUT2D eigenvalue weighted by Gasteiger charge is -2.20. The van der Waals surface area contributed by atoms with Gasteiger partial charge in [0.15, 0.2) is 0 Å². The fraction of sp³-hybridized carbons (Fsp3) is 0.919. The van der Waals surface area contributed by atoms with Crippen molar-refractivity contribution in [3.8, 4) is 0 Å². The Morgan fingerprint density at radius 2 is 1.13 bits per heavy atom. The first-order valence-corrected chi connectivity index (χ1v) is 20.7. The zero-order chi connectivity index (χ0) is 33.8. The molecule has 0 aliphatic heterocycles. The lowest BCUT2D eigenvalue weighted by Crippen LogP contribution is -2.28. The maximum absolute atomic E-state index is 12.5. The molecule has 0 saturated heterocycles. The van der Waals surface area contributed by atoms with Crippen molar-refractivity contribution in [1.82, 2.24) is 0 Å². The van der Waals surface area contributed by atoms with Gasteiger partial charge < -0.3 is 20.1 Å². The second kappa shape index (κ2) is 35.5. The van der Waals surface area contributed by atoms with Crippen LogP contribution in [0.2, 0.25) is 0 Å². The number of hydrogen-bond donors (Lipinski definition) is 2. The van der Waals surface area contributed by atoms with Gasteiger partial charge in [-0.05, 0) is 32.1 Å². The lowest BCUT2D eigenvalue weighted by molar-refractivity contribution is -0.154. The van der Waals surface area contributed by atoms with E-state index in [0.717, 1.165) is 51.4 Å². The maximum atomic E-state index is 12.5. The van der Waals surface area contributed by atoms with E-state index in [9.17, 15) is 14.3 Å². The highest BCUT2D eigenvalue weighted by Crippen LogP contribution is 2.43.